The molecule has 3 rings (SSSR count). The summed E-state index contributed by atoms with van der Waals surface area (Å²) >= 11 is 5.92. The maximum atomic E-state index is 14.0. The average molecular weight is 419 g/mol. The summed E-state index contributed by atoms with van der Waals surface area (Å²) in [5.41, 5.74) is 1.66. The van der Waals surface area contributed by atoms with Crippen molar-refractivity contribution in [1.82, 2.24) is 10.2 Å². The van der Waals surface area contributed by atoms with E-state index in [-0.39, 0.29) is 18.0 Å². The van der Waals surface area contributed by atoms with E-state index < -0.39 is 11.7 Å². The summed E-state index contributed by atoms with van der Waals surface area (Å²) in [5.74, 6) is -1.10. The van der Waals surface area contributed by atoms with Gasteiger partial charge < -0.3 is 20.0 Å². The van der Waals surface area contributed by atoms with Crippen LogP contribution in [0.1, 0.15) is 10.4 Å². The largest absolute Gasteiger partial charge is 0.375 e. The van der Waals surface area contributed by atoms with E-state index in [9.17, 15) is 14.0 Å². The van der Waals surface area contributed by atoms with Crippen LogP contribution in [0, 0.1) is 5.82 Å². The highest BCUT2D eigenvalue weighted by atomic mass is 35.5. The lowest BCUT2D eigenvalue weighted by atomic mass is 10.1. The molecule has 1 heterocycles. The fourth-order valence-corrected chi connectivity index (χ4v) is 3.37. The number of amides is 2. The second-order valence-electron chi connectivity index (χ2n) is 7.09. The molecule has 8 heteroatoms. The Balaban J connectivity index is 1.49. The minimum absolute atomic E-state index is 0.114. The van der Waals surface area contributed by atoms with E-state index in [0.29, 0.717) is 36.9 Å². The van der Waals surface area contributed by atoms with Gasteiger partial charge in [-0.25, -0.2) is 4.39 Å². The summed E-state index contributed by atoms with van der Waals surface area (Å²) in [6.45, 7) is 2.45. The van der Waals surface area contributed by atoms with E-state index in [0.717, 1.165) is 5.69 Å². The van der Waals surface area contributed by atoms with Crippen molar-refractivity contribution in [2.24, 2.45) is 0 Å². The predicted octanol–water partition coefficient (Wildman–Crippen LogP) is 2.62. The third-order valence-electron chi connectivity index (χ3n) is 4.92. The molecule has 0 bridgehead atoms. The van der Waals surface area contributed by atoms with Crippen LogP contribution in [0.15, 0.2) is 42.5 Å². The minimum atomic E-state index is -0.479. The van der Waals surface area contributed by atoms with Gasteiger partial charge in [0.2, 0.25) is 5.91 Å². The molecule has 0 aliphatic carbocycles. The first-order valence-corrected chi connectivity index (χ1v) is 9.76. The lowest BCUT2D eigenvalue weighted by molar-refractivity contribution is -0.130. The van der Waals surface area contributed by atoms with Gasteiger partial charge in [0.25, 0.3) is 5.91 Å². The van der Waals surface area contributed by atoms with Crippen molar-refractivity contribution in [2.75, 3.05) is 56.6 Å². The van der Waals surface area contributed by atoms with Crippen molar-refractivity contribution in [3.8, 4) is 0 Å². The van der Waals surface area contributed by atoms with Crippen LogP contribution < -0.4 is 15.1 Å². The molecule has 1 N–H and O–H groups in total. The lowest BCUT2D eigenvalue weighted by Gasteiger charge is -2.36. The van der Waals surface area contributed by atoms with Gasteiger partial charge in [-0.3, -0.25) is 9.59 Å². The molecule has 29 heavy (non-hydrogen) atoms. The second-order valence-corrected chi connectivity index (χ2v) is 7.52. The molecule has 0 spiro atoms. The van der Waals surface area contributed by atoms with Crippen LogP contribution in [0.25, 0.3) is 0 Å². The Labute approximate surface area is 174 Å². The highest BCUT2D eigenvalue weighted by Gasteiger charge is 2.22. The second kappa shape index (κ2) is 9.13. The Hall–Kier alpha value is -2.80. The SMILES string of the molecule is CN(C)c1ccc(C(=O)NCC(=O)N2CCN(c3ccc(Cl)cc3)CC2)cc1F. The van der Waals surface area contributed by atoms with Gasteiger partial charge in [-0.2, -0.15) is 0 Å². The molecule has 0 unspecified atom stereocenters. The number of carbonyl (C=O) groups excluding carboxylic acids is 2. The molecule has 0 aromatic heterocycles. The summed E-state index contributed by atoms with van der Waals surface area (Å²) in [7, 11) is 3.45. The fraction of sp³-hybridized carbons (Fsp3) is 0.333. The zero-order chi connectivity index (χ0) is 21.0. The number of nitrogens with zero attached hydrogens (tertiary/aromatic N) is 3. The van der Waals surface area contributed by atoms with Crippen LogP contribution >= 0.6 is 11.6 Å². The van der Waals surface area contributed by atoms with Crippen molar-refractivity contribution in [2.45, 2.75) is 0 Å². The number of piperazine rings is 1. The Morgan fingerprint density at radius 3 is 2.31 bits per heavy atom. The number of nitrogens with one attached hydrogen (secondary N) is 1. The van der Waals surface area contributed by atoms with Gasteiger partial charge >= 0.3 is 0 Å². The summed E-state index contributed by atoms with van der Waals surface area (Å²) in [4.78, 5) is 30.2. The van der Waals surface area contributed by atoms with E-state index in [1.54, 1.807) is 36.0 Å². The average Bonchev–Trinajstić information content (AvgIpc) is 2.72. The van der Waals surface area contributed by atoms with E-state index >= 15 is 0 Å². The third kappa shape index (κ3) is 5.17. The van der Waals surface area contributed by atoms with Crippen LogP contribution in [0.2, 0.25) is 5.02 Å². The fourth-order valence-electron chi connectivity index (χ4n) is 3.25. The van der Waals surface area contributed by atoms with Crippen LogP contribution in [0.4, 0.5) is 15.8 Å². The maximum Gasteiger partial charge on any atom is 0.251 e. The molecule has 0 saturated carbocycles. The molecular weight excluding hydrogens is 395 g/mol. The molecule has 1 aliphatic rings. The van der Waals surface area contributed by atoms with Gasteiger partial charge in [0.15, 0.2) is 0 Å². The van der Waals surface area contributed by atoms with E-state index in [2.05, 4.69) is 10.2 Å². The van der Waals surface area contributed by atoms with Crippen molar-refractivity contribution in [3.05, 3.63) is 58.9 Å². The van der Waals surface area contributed by atoms with Crippen LogP contribution in [0.3, 0.4) is 0 Å². The number of halogens is 2. The molecule has 6 nitrogen and oxygen atoms in total. The van der Waals surface area contributed by atoms with Gasteiger partial charge in [0.1, 0.15) is 5.82 Å². The molecule has 2 amide bonds. The Kier molecular flexibility index (Phi) is 6.59. The van der Waals surface area contributed by atoms with Crippen molar-refractivity contribution in [3.63, 3.8) is 0 Å². The lowest BCUT2D eigenvalue weighted by Crippen LogP contribution is -2.51. The van der Waals surface area contributed by atoms with Crippen LogP contribution in [-0.4, -0.2) is 63.5 Å². The number of hydrogen-bond donors (Lipinski definition) is 1. The quantitative estimate of drug-likeness (QED) is 0.811. The standard InChI is InChI=1S/C21H24ClFN4O2/c1-25(2)19-8-3-15(13-18(19)23)21(29)24-14-20(28)27-11-9-26(10-12-27)17-6-4-16(22)5-7-17/h3-8,13H,9-12,14H2,1-2H3,(H,24,29). The molecule has 1 aliphatic heterocycles. The topological polar surface area (TPSA) is 55.9 Å². The molecule has 1 saturated heterocycles. The molecule has 0 atom stereocenters. The van der Waals surface area contributed by atoms with Gasteiger partial charge in [-0.1, -0.05) is 11.6 Å². The predicted molar refractivity (Wildman–Crippen MR) is 113 cm³/mol. The van der Waals surface area contributed by atoms with Crippen molar-refractivity contribution < 1.29 is 14.0 Å². The molecule has 154 valence electrons. The van der Waals surface area contributed by atoms with Gasteiger partial charge in [-0.05, 0) is 42.5 Å². The number of rotatable bonds is 5. The Morgan fingerprint density at radius 2 is 1.72 bits per heavy atom. The first-order valence-electron chi connectivity index (χ1n) is 9.38. The number of carbonyl (C=O) groups is 2. The number of hydrogen-bond acceptors (Lipinski definition) is 4. The summed E-state index contributed by atoms with van der Waals surface area (Å²) in [6, 6.07) is 11.9. The van der Waals surface area contributed by atoms with Gasteiger partial charge in [0.05, 0.1) is 12.2 Å². The van der Waals surface area contributed by atoms with Gasteiger partial charge in [0, 0.05) is 56.5 Å². The van der Waals surface area contributed by atoms with E-state index in [1.165, 1.54) is 6.07 Å². The normalized spacial score (nSPS) is 13.9. The minimum Gasteiger partial charge on any atom is -0.375 e. The molecular formula is C21H24ClFN4O2. The zero-order valence-electron chi connectivity index (χ0n) is 16.5. The van der Waals surface area contributed by atoms with Crippen LogP contribution in [-0.2, 0) is 4.79 Å². The van der Waals surface area contributed by atoms with Crippen molar-refractivity contribution >= 4 is 34.8 Å². The Morgan fingerprint density at radius 1 is 1.07 bits per heavy atom. The smallest absolute Gasteiger partial charge is 0.251 e. The van der Waals surface area contributed by atoms with Crippen LogP contribution in [0.5, 0.6) is 0 Å². The molecule has 0 radical (unpaired) electrons. The summed E-state index contributed by atoms with van der Waals surface area (Å²) in [5, 5.41) is 3.27. The highest BCUT2D eigenvalue weighted by Crippen LogP contribution is 2.20. The highest BCUT2D eigenvalue weighted by molar-refractivity contribution is 6.30. The number of anilines is 2. The zero-order valence-corrected chi connectivity index (χ0v) is 17.2. The molecule has 2 aromatic rings. The summed E-state index contributed by atoms with van der Waals surface area (Å²) < 4.78 is 14.0. The van der Waals surface area contributed by atoms with E-state index in [1.807, 2.05) is 24.3 Å². The first-order chi connectivity index (χ1) is 13.8. The monoisotopic (exact) mass is 418 g/mol. The first kappa shape index (κ1) is 20.9. The summed E-state index contributed by atoms with van der Waals surface area (Å²) in [6.07, 6.45) is 0. The molecule has 2 aromatic carbocycles. The van der Waals surface area contributed by atoms with Gasteiger partial charge in [-0.15, -0.1) is 0 Å². The Bertz CT molecular complexity index is 881. The maximum absolute atomic E-state index is 14.0. The van der Waals surface area contributed by atoms with Crippen molar-refractivity contribution in [1.29, 1.82) is 0 Å². The molecule has 1 fully saturated rings. The van der Waals surface area contributed by atoms with E-state index in [4.69, 9.17) is 11.6 Å². The number of benzene rings is 2. The third-order valence-corrected chi connectivity index (χ3v) is 5.17.